The molecular weight excluding hydrogens is 371 g/mol. The number of carbonyl (C=O) groups excluding carboxylic acids is 1. The van der Waals surface area contributed by atoms with Crippen molar-refractivity contribution in [2.24, 2.45) is 5.73 Å². The number of hydrogen-bond acceptors (Lipinski definition) is 5. The second kappa shape index (κ2) is 7.48. The van der Waals surface area contributed by atoms with Gasteiger partial charge in [-0.15, -0.1) is 0 Å². The van der Waals surface area contributed by atoms with E-state index in [1.165, 1.54) is 30.5 Å². The summed E-state index contributed by atoms with van der Waals surface area (Å²) in [4.78, 5) is 16.1. The Hall–Kier alpha value is -3.37. The predicted octanol–water partition coefficient (Wildman–Crippen LogP) is 4.14. The van der Waals surface area contributed by atoms with Gasteiger partial charge >= 0.3 is 0 Å². The molecule has 136 valence electrons. The van der Waals surface area contributed by atoms with Crippen LogP contribution in [0.5, 0.6) is 5.75 Å². The summed E-state index contributed by atoms with van der Waals surface area (Å²) >= 11 is 5.82. The Labute approximate surface area is 159 Å². The van der Waals surface area contributed by atoms with E-state index >= 15 is 0 Å². The molecule has 0 fully saturated rings. The summed E-state index contributed by atoms with van der Waals surface area (Å²) in [5.74, 6) is -0.913. The lowest BCUT2D eigenvalue weighted by molar-refractivity contribution is 0.0997. The Kier molecular flexibility index (Phi) is 5.10. The van der Waals surface area contributed by atoms with E-state index < -0.39 is 11.7 Å². The van der Waals surface area contributed by atoms with Gasteiger partial charge in [-0.3, -0.25) is 9.78 Å². The van der Waals surface area contributed by atoms with E-state index in [0.717, 1.165) is 0 Å². The molecule has 0 aliphatic heterocycles. The summed E-state index contributed by atoms with van der Waals surface area (Å²) in [6.07, 6.45) is 1.40. The number of carbonyl (C=O) groups is 1. The fraction of sp³-hybridized carbons (Fsp3) is 0.105. The summed E-state index contributed by atoms with van der Waals surface area (Å²) in [6.45, 7) is 2.13. The van der Waals surface area contributed by atoms with E-state index in [4.69, 9.17) is 22.1 Å². The molecule has 6 nitrogen and oxygen atoms in total. The maximum absolute atomic E-state index is 13.4. The highest BCUT2D eigenvalue weighted by atomic mass is 35.5. The van der Waals surface area contributed by atoms with E-state index in [1.54, 1.807) is 13.0 Å². The number of ether oxygens (including phenoxy) is 1. The number of hydrogen-bond donors (Lipinski definition) is 2. The van der Waals surface area contributed by atoms with Crippen molar-refractivity contribution in [2.75, 3.05) is 11.9 Å². The highest BCUT2D eigenvalue weighted by molar-refractivity contribution is 6.31. The molecule has 0 aliphatic rings. The molecule has 0 atom stereocenters. The second-order valence-corrected chi connectivity index (χ2v) is 5.98. The number of nitrogens with one attached hydrogen (secondary N) is 1. The van der Waals surface area contributed by atoms with Crippen LogP contribution in [-0.2, 0) is 0 Å². The molecule has 0 bridgehead atoms. The van der Waals surface area contributed by atoms with Crippen molar-refractivity contribution in [2.45, 2.75) is 6.92 Å². The van der Waals surface area contributed by atoms with Crippen molar-refractivity contribution in [3.05, 3.63) is 58.5 Å². The topological polar surface area (TPSA) is 101 Å². The molecular formula is C19H14ClFN4O2. The Morgan fingerprint density at radius 3 is 2.81 bits per heavy atom. The number of primary amides is 1. The van der Waals surface area contributed by atoms with E-state index in [0.29, 0.717) is 34.6 Å². The number of nitrogens with zero attached hydrogens (tertiary/aromatic N) is 2. The Balaban J connectivity index is 2.22. The van der Waals surface area contributed by atoms with Crippen LogP contribution in [0.15, 0.2) is 36.5 Å². The smallest absolute Gasteiger partial charge is 0.252 e. The van der Waals surface area contributed by atoms with Crippen LogP contribution in [0.4, 0.5) is 15.8 Å². The minimum atomic E-state index is -0.668. The molecule has 0 unspecified atom stereocenters. The Morgan fingerprint density at radius 1 is 1.41 bits per heavy atom. The number of fused-ring (bicyclic) bond motifs is 1. The number of pyridine rings is 1. The molecule has 1 aromatic heterocycles. The molecule has 0 aliphatic carbocycles. The Bertz CT molecular complexity index is 1100. The van der Waals surface area contributed by atoms with Crippen LogP contribution in [0, 0.1) is 17.1 Å². The van der Waals surface area contributed by atoms with Gasteiger partial charge in [0.25, 0.3) is 5.91 Å². The zero-order valence-electron chi connectivity index (χ0n) is 14.2. The summed E-state index contributed by atoms with van der Waals surface area (Å²) in [5.41, 5.74) is 7.24. The number of rotatable bonds is 5. The van der Waals surface area contributed by atoms with Gasteiger partial charge in [0.15, 0.2) is 0 Å². The molecule has 3 rings (SSSR count). The quantitative estimate of drug-likeness (QED) is 0.688. The first-order valence-corrected chi connectivity index (χ1v) is 8.34. The van der Waals surface area contributed by atoms with Gasteiger partial charge in [-0.25, -0.2) is 4.39 Å². The molecule has 0 saturated carbocycles. The maximum Gasteiger partial charge on any atom is 0.252 e. The first-order valence-electron chi connectivity index (χ1n) is 7.96. The fourth-order valence-corrected chi connectivity index (χ4v) is 2.81. The lowest BCUT2D eigenvalue weighted by Crippen LogP contribution is -2.13. The van der Waals surface area contributed by atoms with Gasteiger partial charge in [0.05, 0.1) is 34.0 Å². The molecule has 2 aromatic carbocycles. The fourth-order valence-electron chi connectivity index (χ4n) is 2.62. The van der Waals surface area contributed by atoms with Crippen molar-refractivity contribution in [3.8, 4) is 11.8 Å². The summed E-state index contributed by atoms with van der Waals surface area (Å²) < 4.78 is 18.9. The molecule has 8 heteroatoms. The van der Waals surface area contributed by atoms with E-state index in [9.17, 15) is 14.4 Å². The van der Waals surface area contributed by atoms with Crippen molar-refractivity contribution >= 4 is 39.8 Å². The third kappa shape index (κ3) is 3.61. The standard InChI is InChI=1S/C19H14ClFN4O2/c1-2-27-17-7-16-12(6-13(17)19(23)26)18(10(8-22)9-24-16)25-11-3-4-15(21)14(20)5-11/h3-7,9H,2H2,1H3,(H2,23,26)(H,24,25). The van der Waals surface area contributed by atoms with Gasteiger partial charge in [0, 0.05) is 23.3 Å². The number of nitriles is 1. The predicted molar refractivity (Wildman–Crippen MR) is 101 cm³/mol. The van der Waals surface area contributed by atoms with Gasteiger partial charge in [-0.1, -0.05) is 11.6 Å². The van der Waals surface area contributed by atoms with E-state index in [-0.39, 0.29) is 16.1 Å². The number of benzene rings is 2. The van der Waals surface area contributed by atoms with Crippen molar-refractivity contribution in [1.82, 2.24) is 4.98 Å². The first kappa shape index (κ1) is 18.4. The van der Waals surface area contributed by atoms with Crippen molar-refractivity contribution in [3.63, 3.8) is 0 Å². The van der Waals surface area contributed by atoms with Crippen LogP contribution in [0.2, 0.25) is 5.02 Å². The van der Waals surface area contributed by atoms with Crippen molar-refractivity contribution in [1.29, 1.82) is 5.26 Å². The minimum absolute atomic E-state index is 0.0617. The van der Waals surface area contributed by atoms with E-state index in [2.05, 4.69) is 10.3 Å². The number of anilines is 2. The molecule has 1 heterocycles. The van der Waals surface area contributed by atoms with Crippen LogP contribution in [0.3, 0.4) is 0 Å². The minimum Gasteiger partial charge on any atom is -0.493 e. The summed E-state index contributed by atoms with van der Waals surface area (Å²) in [5, 5.41) is 12.9. The summed E-state index contributed by atoms with van der Waals surface area (Å²) in [7, 11) is 0. The van der Waals surface area contributed by atoms with Crippen LogP contribution in [0.25, 0.3) is 10.9 Å². The van der Waals surface area contributed by atoms with Crippen LogP contribution in [0.1, 0.15) is 22.8 Å². The lowest BCUT2D eigenvalue weighted by Gasteiger charge is -2.14. The highest BCUT2D eigenvalue weighted by Gasteiger charge is 2.17. The Morgan fingerprint density at radius 2 is 2.19 bits per heavy atom. The number of amides is 1. The molecule has 1 amide bonds. The van der Waals surface area contributed by atoms with Crippen molar-refractivity contribution < 1.29 is 13.9 Å². The third-order valence-electron chi connectivity index (χ3n) is 3.84. The SMILES string of the molecule is CCOc1cc2ncc(C#N)c(Nc3ccc(F)c(Cl)c3)c2cc1C(N)=O. The number of nitrogens with two attached hydrogens (primary N) is 1. The lowest BCUT2D eigenvalue weighted by atomic mass is 10.0. The van der Waals surface area contributed by atoms with Gasteiger partial charge < -0.3 is 15.8 Å². The molecule has 0 radical (unpaired) electrons. The molecule has 27 heavy (non-hydrogen) atoms. The zero-order chi connectivity index (χ0) is 19.6. The molecule has 3 N–H and O–H groups in total. The highest BCUT2D eigenvalue weighted by Crippen LogP contribution is 2.34. The van der Waals surface area contributed by atoms with Crippen LogP contribution < -0.4 is 15.8 Å². The third-order valence-corrected chi connectivity index (χ3v) is 4.13. The summed E-state index contributed by atoms with van der Waals surface area (Å²) in [6, 6.07) is 9.24. The average molecular weight is 385 g/mol. The van der Waals surface area contributed by atoms with Gasteiger partial charge in [0.1, 0.15) is 17.6 Å². The molecule has 0 spiro atoms. The van der Waals surface area contributed by atoms with Gasteiger partial charge in [-0.05, 0) is 31.2 Å². The zero-order valence-corrected chi connectivity index (χ0v) is 15.0. The molecule has 0 saturated heterocycles. The first-order chi connectivity index (χ1) is 12.9. The normalized spacial score (nSPS) is 10.4. The van der Waals surface area contributed by atoms with Crippen LogP contribution in [-0.4, -0.2) is 17.5 Å². The van der Waals surface area contributed by atoms with Gasteiger partial charge in [-0.2, -0.15) is 5.26 Å². The average Bonchev–Trinajstić information content (AvgIpc) is 2.64. The van der Waals surface area contributed by atoms with E-state index in [1.807, 2.05) is 6.07 Å². The van der Waals surface area contributed by atoms with Gasteiger partial charge in [0.2, 0.25) is 0 Å². The monoisotopic (exact) mass is 384 g/mol. The molecule has 3 aromatic rings. The largest absolute Gasteiger partial charge is 0.493 e. The maximum atomic E-state index is 13.4. The van der Waals surface area contributed by atoms with Crippen LogP contribution >= 0.6 is 11.6 Å². The number of halogens is 2. The number of aromatic nitrogens is 1. The second-order valence-electron chi connectivity index (χ2n) is 5.58.